The number of hydrogen-bond donors (Lipinski definition) is 2. The summed E-state index contributed by atoms with van der Waals surface area (Å²) in [5, 5.41) is 12.1. The summed E-state index contributed by atoms with van der Waals surface area (Å²) in [6.07, 6.45) is 0. The Balaban J connectivity index is 2.54. The smallest absolute Gasteiger partial charge is 0.0972 e. The number of ether oxygens (including phenoxy) is 1. The molecule has 3 nitrogen and oxygen atoms in total. The van der Waals surface area contributed by atoms with Crippen LogP contribution >= 0.6 is 0 Å². The molecule has 0 radical (unpaired) electrons. The summed E-state index contributed by atoms with van der Waals surface area (Å²) < 4.78 is 5.31. The van der Waals surface area contributed by atoms with Crippen LogP contribution in [0.25, 0.3) is 0 Å². The summed E-state index contributed by atoms with van der Waals surface area (Å²) in [7, 11) is 0. The zero-order valence-corrected chi connectivity index (χ0v) is 8.05. The molecule has 0 aromatic carbocycles. The Morgan fingerprint density at radius 1 is 1.77 bits per heavy atom. The standard InChI is InChI=1S/C10H17NO2/c1-4-13-8(3)9-5-11-10(6-12)7(9)2/h9-12H,2-6H2,1H3. The lowest BCUT2D eigenvalue weighted by Crippen LogP contribution is -2.25. The quantitative estimate of drug-likeness (QED) is 0.497. The zero-order valence-electron chi connectivity index (χ0n) is 8.05. The lowest BCUT2D eigenvalue weighted by atomic mass is 9.98. The molecule has 2 atom stereocenters. The van der Waals surface area contributed by atoms with Crippen molar-refractivity contribution in [2.24, 2.45) is 5.92 Å². The fourth-order valence-electron chi connectivity index (χ4n) is 1.55. The molecule has 0 aliphatic carbocycles. The maximum absolute atomic E-state index is 8.97. The molecule has 1 aliphatic heterocycles. The van der Waals surface area contributed by atoms with Crippen molar-refractivity contribution in [2.75, 3.05) is 19.8 Å². The van der Waals surface area contributed by atoms with Crippen molar-refractivity contribution in [3.8, 4) is 0 Å². The Bertz CT molecular complexity index is 213. The van der Waals surface area contributed by atoms with E-state index in [9.17, 15) is 0 Å². The minimum Gasteiger partial charge on any atom is -0.498 e. The summed E-state index contributed by atoms with van der Waals surface area (Å²) in [5.74, 6) is 0.896. The van der Waals surface area contributed by atoms with E-state index in [2.05, 4.69) is 18.5 Å². The molecule has 2 unspecified atom stereocenters. The second-order valence-electron chi connectivity index (χ2n) is 3.17. The van der Waals surface area contributed by atoms with Crippen molar-refractivity contribution in [1.82, 2.24) is 5.32 Å². The van der Waals surface area contributed by atoms with Crippen LogP contribution in [0.5, 0.6) is 0 Å². The summed E-state index contributed by atoms with van der Waals surface area (Å²) in [6, 6.07) is 0.00204. The van der Waals surface area contributed by atoms with Crippen LogP contribution in [0.15, 0.2) is 24.5 Å². The molecule has 1 aliphatic rings. The van der Waals surface area contributed by atoms with Crippen LogP contribution in [0, 0.1) is 5.92 Å². The van der Waals surface area contributed by atoms with Crippen molar-refractivity contribution in [2.45, 2.75) is 13.0 Å². The van der Waals surface area contributed by atoms with Crippen LogP contribution in [-0.2, 0) is 4.74 Å². The summed E-state index contributed by atoms with van der Waals surface area (Å²) in [5.41, 5.74) is 0.973. The van der Waals surface area contributed by atoms with E-state index in [0.29, 0.717) is 6.61 Å². The topological polar surface area (TPSA) is 41.5 Å². The molecule has 1 fully saturated rings. The minimum atomic E-state index is 0.00204. The van der Waals surface area contributed by atoms with Crippen molar-refractivity contribution < 1.29 is 9.84 Å². The van der Waals surface area contributed by atoms with E-state index in [-0.39, 0.29) is 18.6 Å². The van der Waals surface area contributed by atoms with Crippen LogP contribution in [0.3, 0.4) is 0 Å². The molecule has 0 amide bonds. The molecule has 2 N–H and O–H groups in total. The van der Waals surface area contributed by atoms with Gasteiger partial charge in [-0.1, -0.05) is 13.2 Å². The van der Waals surface area contributed by atoms with Gasteiger partial charge >= 0.3 is 0 Å². The van der Waals surface area contributed by atoms with Crippen LogP contribution in [0.4, 0.5) is 0 Å². The molecule has 1 heterocycles. The van der Waals surface area contributed by atoms with Gasteiger partial charge in [0.25, 0.3) is 0 Å². The SMILES string of the molecule is C=C(OCC)C1CNC(CO)C1=C. The number of nitrogens with one attached hydrogen (secondary N) is 1. The molecule has 0 spiro atoms. The highest BCUT2D eigenvalue weighted by molar-refractivity contribution is 5.23. The van der Waals surface area contributed by atoms with Crippen molar-refractivity contribution in [3.63, 3.8) is 0 Å². The van der Waals surface area contributed by atoms with E-state index < -0.39 is 0 Å². The predicted molar refractivity (Wildman–Crippen MR) is 52.3 cm³/mol. The van der Waals surface area contributed by atoms with Gasteiger partial charge in [0.15, 0.2) is 0 Å². The van der Waals surface area contributed by atoms with Crippen LogP contribution < -0.4 is 5.32 Å². The third-order valence-electron chi connectivity index (χ3n) is 2.36. The van der Waals surface area contributed by atoms with Gasteiger partial charge in [0.05, 0.1) is 30.9 Å². The van der Waals surface area contributed by atoms with E-state index in [1.54, 1.807) is 0 Å². The first kappa shape index (κ1) is 10.3. The van der Waals surface area contributed by atoms with Gasteiger partial charge in [0.2, 0.25) is 0 Å². The van der Waals surface area contributed by atoms with Crippen LogP contribution in [-0.4, -0.2) is 30.9 Å². The molecule has 3 heteroatoms. The predicted octanol–water partition coefficient (Wildman–Crippen LogP) is 0.673. The molecule has 74 valence electrons. The van der Waals surface area contributed by atoms with Gasteiger partial charge in [-0.3, -0.25) is 0 Å². The molecule has 0 bridgehead atoms. The number of hydrogen-bond acceptors (Lipinski definition) is 3. The van der Waals surface area contributed by atoms with Gasteiger partial charge in [0, 0.05) is 6.54 Å². The van der Waals surface area contributed by atoms with Crippen molar-refractivity contribution >= 4 is 0 Å². The summed E-state index contributed by atoms with van der Waals surface area (Å²) in [4.78, 5) is 0. The van der Waals surface area contributed by atoms with Gasteiger partial charge in [0.1, 0.15) is 0 Å². The highest BCUT2D eigenvalue weighted by Gasteiger charge is 2.30. The van der Waals surface area contributed by atoms with Crippen molar-refractivity contribution in [1.29, 1.82) is 0 Å². The molecule has 0 saturated carbocycles. The number of aliphatic hydroxyl groups excluding tert-OH is 1. The minimum absolute atomic E-state index is 0.00204. The third-order valence-corrected chi connectivity index (χ3v) is 2.36. The second-order valence-corrected chi connectivity index (χ2v) is 3.17. The van der Waals surface area contributed by atoms with Crippen molar-refractivity contribution in [3.05, 3.63) is 24.5 Å². The van der Waals surface area contributed by atoms with Crippen LogP contribution in [0.2, 0.25) is 0 Å². The maximum Gasteiger partial charge on any atom is 0.0972 e. The van der Waals surface area contributed by atoms with Gasteiger partial charge in [-0.15, -0.1) is 0 Å². The fourth-order valence-corrected chi connectivity index (χ4v) is 1.55. The van der Waals surface area contributed by atoms with Gasteiger partial charge in [-0.25, -0.2) is 0 Å². The molecule has 1 rings (SSSR count). The molecule has 0 aromatic rings. The van der Waals surface area contributed by atoms with Gasteiger partial charge in [-0.05, 0) is 12.5 Å². The Morgan fingerprint density at radius 2 is 2.46 bits per heavy atom. The second kappa shape index (κ2) is 4.44. The van der Waals surface area contributed by atoms with Crippen LogP contribution in [0.1, 0.15) is 6.92 Å². The molecule has 0 aromatic heterocycles. The lowest BCUT2D eigenvalue weighted by molar-refractivity contribution is 0.205. The highest BCUT2D eigenvalue weighted by atomic mass is 16.5. The highest BCUT2D eigenvalue weighted by Crippen LogP contribution is 2.26. The Morgan fingerprint density at radius 3 is 2.92 bits per heavy atom. The average molecular weight is 183 g/mol. The van der Waals surface area contributed by atoms with Gasteiger partial charge < -0.3 is 15.2 Å². The number of rotatable bonds is 4. The summed E-state index contributed by atoms with van der Waals surface area (Å²) >= 11 is 0. The first-order valence-electron chi connectivity index (χ1n) is 4.55. The van der Waals surface area contributed by atoms with E-state index in [1.807, 2.05) is 6.92 Å². The number of aliphatic hydroxyl groups is 1. The maximum atomic E-state index is 8.97. The Labute approximate surface area is 79.1 Å². The van der Waals surface area contributed by atoms with E-state index in [0.717, 1.165) is 17.9 Å². The van der Waals surface area contributed by atoms with E-state index >= 15 is 0 Å². The monoisotopic (exact) mass is 183 g/mol. The summed E-state index contributed by atoms with van der Waals surface area (Å²) in [6.45, 7) is 11.2. The first-order chi connectivity index (χ1) is 6.20. The van der Waals surface area contributed by atoms with E-state index in [4.69, 9.17) is 9.84 Å². The Hall–Kier alpha value is -0.800. The largest absolute Gasteiger partial charge is 0.498 e. The lowest BCUT2D eigenvalue weighted by Gasteiger charge is -2.15. The molecular weight excluding hydrogens is 166 g/mol. The average Bonchev–Trinajstić information content (AvgIpc) is 2.47. The van der Waals surface area contributed by atoms with E-state index in [1.165, 1.54) is 0 Å². The Kier molecular flexibility index (Phi) is 3.51. The zero-order chi connectivity index (χ0) is 9.84. The molecule has 1 saturated heterocycles. The normalized spacial score (nSPS) is 27.7. The third kappa shape index (κ3) is 2.11. The molecular formula is C10H17NO2. The molecule has 13 heavy (non-hydrogen) atoms. The first-order valence-corrected chi connectivity index (χ1v) is 4.55. The fraction of sp³-hybridized carbons (Fsp3) is 0.600. The van der Waals surface area contributed by atoms with Gasteiger partial charge in [-0.2, -0.15) is 0 Å².